The van der Waals surface area contributed by atoms with Crippen molar-refractivity contribution in [2.45, 2.75) is 78.1 Å². The molecule has 1 aromatic heterocycles. The third kappa shape index (κ3) is 6.61. The molecule has 0 N–H and O–H groups in total. The Balaban J connectivity index is 1.48. The summed E-state index contributed by atoms with van der Waals surface area (Å²) in [6.07, 6.45) is 8.76. The maximum Gasteiger partial charge on any atom is 0.126 e. The highest BCUT2D eigenvalue weighted by atomic mass is 19.1. The predicted octanol–water partition coefficient (Wildman–Crippen LogP) is 12.6. The minimum atomic E-state index is -0.150. The second-order valence-corrected chi connectivity index (χ2v) is 13.4. The highest BCUT2D eigenvalue weighted by molar-refractivity contribution is 5.78. The number of hydrogen-bond acceptors (Lipinski definition) is 0. The van der Waals surface area contributed by atoms with Gasteiger partial charge in [-0.05, 0) is 115 Å². The molecule has 1 nitrogen and oxygen atoms in total. The summed E-state index contributed by atoms with van der Waals surface area (Å²) in [5, 5.41) is 0. The average molecular weight is 632 g/mol. The van der Waals surface area contributed by atoms with E-state index in [9.17, 15) is 4.39 Å². The Labute approximate surface area is 286 Å². The van der Waals surface area contributed by atoms with E-state index in [1.54, 1.807) is 12.1 Å². The summed E-state index contributed by atoms with van der Waals surface area (Å²) in [7, 11) is 0. The molecule has 1 aliphatic carbocycles. The van der Waals surface area contributed by atoms with Crippen LogP contribution in [0.15, 0.2) is 115 Å². The number of hydrogen-bond donors (Lipinski definition) is 0. The van der Waals surface area contributed by atoms with Crippen LogP contribution >= 0.6 is 0 Å². The number of halogens is 1. The van der Waals surface area contributed by atoms with Crippen molar-refractivity contribution in [2.24, 2.45) is 0 Å². The molecule has 0 aliphatic heterocycles. The van der Waals surface area contributed by atoms with Gasteiger partial charge in [-0.15, -0.1) is 5.92 Å². The molecule has 4 unspecified atom stereocenters. The molecule has 1 aliphatic rings. The largest absolute Gasteiger partial charge is 0.309 e. The van der Waals surface area contributed by atoms with Gasteiger partial charge in [0.2, 0.25) is 0 Å². The van der Waals surface area contributed by atoms with Crippen LogP contribution in [-0.2, 0) is 0 Å². The molecule has 0 amide bonds. The first-order chi connectivity index (χ1) is 23.3. The highest BCUT2D eigenvalue weighted by Crippen LogP contribution is 2.45. The van der Waals surface area contributed by atoms with Crippen LogP contribution in [0.5, 0.6) is 0 Å². The van der Waals surface area contributed by atoms with Gasteiger partial charge in [-0.3, -0.25) is 0 Å². The first kappa shape index (κ1) is 33.0. The Morgan fingerprint density at radius 2 is 1.62 bits per heavy atom. The minimum Gasteiger partial charge on any atom is -0.309 e. The molecule has 4 aromatic carbocycles. The van der Waals surface area contributed by atoms with E-state index >= 15 is 0 Å². The molecule has 0 fully saturated rings. The van der Waals surface area contributed by atoms with Crippen LogP contribution in [0.1, 0.15) is 110 Å². The number of fused-ring (bicyclic) bond motifs is 1. The first-order valence-corrected chi connectivity index (χ1v) is 17.3. The van der Waals surface area contributed by atoms with E-state index < -0.39 is 0 Å². The van der Waals surface area contributed by atoms with Crippen molar-refractivity contribution in [3.63, 3.8) is 0 Å². The van der Waals surface area contributed by atoms with Crippen LogP contribution in [0, 0.1) is 24.6 Å². The lowest BCUT2D eigenvalue weighted by atomic mass is 9.83. The van der Waals surface area contributed by atoms with E-state index in [0.29, 0.717) is 5.92 Å². The molecule has 6 rings (SSSR count). The van der Waals surface area contributed by atoms with Crippen molar-refractivity contribution in [2.75, 3.05) is 0 Å². The number of allylic oxidation sites excluding steroid dienone is 3. The van der Waals surface area contributed by atoms with Crippen molar-refractivity contribution in [1.29, 1.82) is 0 Å². The molecule has 0 saturated heterocycles. The van der Waals surface area contributed by atoms with Crippen LogP contribution < -0.4 is 0 Å². The molecular formula is C46H46FN. The Morgan fingerprint density at radius 1 is 0.917 bits per heavy atom. The second kappa shape index (κ2) is 14.5. The van der Waals surface area contributed by atoms with E-state index in [4.69, 9.17) is 0 Å². The van der Waals surface area contributed by atoms with Gasteiger partial charge in [0.1, 0.15) is 5.82 Å². The van der Waals surface area contributed by atoms with Crippen LogP contribution in [0.4, 0.5) is 4.39 Å². The quantitative estimate of drug-likeness (QED) is 0.143. The van der Waals surface area contributed by atoms with Crippen LogP contribution in [0.25, 0.3) is 28.6 Å². The molecule has 0 saturated carbocycles. The SMILES string of the molecule is CC#CC(CC(C)c1ccccc1F)c1ccccc1-c1c(C)c2c(n1-c1cccc(C(C)/C=C(\C)c3ccccc3)c1)C=CCC2C. The summed E-state index contributed by atoms with van der Waals surface area (Å²) < 4.78 is 17.4. The van der Waals surface area contributed by atoms with E-state index in [2.05, 4.69) is 148 Å². The summed E-state index contributed by atoms with van der Waals surface area (Å²) >= 11 is 0. The molecule has 0 radical (unpaired) electrons. The van der Waals surface area contributed by atoms with E-state index in [-0.39, 0.29) is 23.6 Å². The predicted molar refractivity (Wildman–Crippen MR) is 202 cm³/mol. The van der Waals surface area contributed by atoms with E-state index in [1.165, 1.54) is 50.3 Å². The van der Waals surface area contributed by atoms with Gasteiger partial charge >= 0.3 is 0 Å². The molecule has 4 atom stereocenters. The Bertz CT molecular complexity index is 2030. The molecule has 242 valence electrons. The summed E-state index contributed by atoms with van der Waals surface area (Å²) in [5.74, 6) is 7.22. The zero-order valence-electron chi connectivity index (χ0n) is 29.1. The summed E-state index contributed by atoms with van der Waals surface area (Å²) in [6.45, 7) is 13.1. The molecule has 1 heterocycles. The van der Waals surface area contributed by atoms with Gasteiger partial charge in [-0.25, -0.2) is 4.39 Å². The van der Waals surface area contributed by atoms with Crippen molar-refractivity contribution in [3.8, 4) is 28.8 Å². The number of aromatic nitrogens is 1. The molecule has 2 heteroatoms. The van der Waals surface area contributed by atoms with Gasteiger partial charge in [0, 0.05) is 22.9 Å². The van der Waals surface area contributed by atoms with Gasteiger partial charge < -0.3 is 4.57 Å². The van der Waals surface area contributed by atoms with Gasteiger partial charge in [0.15, 0.2) is 0 Å². The van der Waals surface area contributed by atoms with E-state index in [1.807, 2.05) is 19.1 Å². The maximum atomic E-state index is 14.9. The van der Waals surface area contributed by atoms with Gasteiger partial charge in [0.05, 0.1) is 5.69 Å². The molecule has 5 aromatic rings. The topological polar surface area (TPSA) is 4.93 Å². The smallest absolute Gasteiger partial charge is 0.126 e. The maximum absolute atomic E-state index is 14.9. The number of rotatable bonds is 9. The minimum absolute atomic E-state index is 0.0136. The third-order valence-electron chi connectivity index (χ3n) is 10.1. The average Bonchev–Trinajstić information content (AvgIpc) is 3.41. The fourth-order valence-corrected chi connectivity index (χ4v) is 7.63. The summed E-state index contributed by atoms with van der Waals surface area (Å²) in [4.78, 5) is 0. The standard InChI is InChI=1S/C46H46FN/c1-7-17-38(29-34(5)40-23-13-14-26-43(40)47)41-24-11-12-25-42(41)46-35(6)45-31(2)18-15-27-44(45)48(46)39-22-16-21-37(30-39)33(4)28-32(3)36-19-9-8-10-20-36/h8-16,19-28,30-31,33-34,38H,18,29H2,1-6H3/b32-28+. The zero-order chi connectivity index (χ0) is 33.8. The molecule has 48 heavy (non-hydrogen) atoms. The van der Waals surface area contributed by atoms with Crippen LogP contribution in [0.2, 0.25) is 0 Å². The Hall–Kier alpha value is -4.87. The van der Waals surface area contributed by atoms with Crippen molar-refractivity contribution >= 4 is 11.6 Å². The lowest BCUT2D eigenvalue weighted by molar-refractivity contribution is 0.564. The highest BCUT2D eigenvalue weighted by Gasteiger charge is 2.29. The molecule has 0 bridgehead atoms. The Kier molecular flexibility index (Phi) is 9.98. The first-order valence-electron chi connectivity index (χ1n) is 17.3. The van der Waals surface area contributed by atoms with E-state index in [0.717, 1.165) is 24.1 Å². The van der Waals surface area contributed by atoms with Gasteiger partial charge in [-0.1, -0.05) is 124 Å². The fourth-order valence-electron chi connectivity index (χ4n) is 7.63. The lowest BCUT2D eigenvalue weighted by Crippen LogP contribution is -2.08. The normalized spacial score (nSPS) is 16.1. The lowest BCUT2D eigenvalue weighted by Gasteiger charge is -2.22. The number of nitrogens with zero attached hydrogens (tertiary/aromatic N) is 1. The van der Waals surface area contributed by atoms with Crippen molar-refractivity contribution in [3.05, 3.63) is 160 Å². The monoisotopic (exact) mass is 631 g/mol. The number of benzene rings is 4. The molecule has 0 spiro atoms. The summed E-state index contributed by atoms with van der Waals surface area (Å²) in [6, 6.07) is 35.5. The van der Waals surface area contributed by atoms with Gasteiger partial charge in [-0.2, -0.15) is 0 Å². The third-order valence-corrected chi connectivity index (χ3v) is 10.1. The second-order valence-electron chi connectivity index (χ2n) is 13.4. The summed E-state index contributed by atoms with van der Waals surface area (Å²) in [5.41, 5.74) is 13.3. The molecular weight excluding hydrogens is 586 g/mol. The fraction of sp³-hybridized carbons (Fsp3) is 0.261. The van der Waals surface area contributed by atoms with Crippen molar-refractivity contribution < 1.29 is 4.39 Å². The Morgan fingerprint density at radius 3 is 2.38 bits per heavy atom. The van der Waals surface area contributed by atoms with Crippen LogP contribution in [-0.4, -0.2) is 4.57 Å². The van der Waals surface area contributed by atoms with Crippen LogP contribution in [0.3, 0.4) is 0 Å². The van der Waals surface area contributed by atoms with Gasteiger partial charge in [0.25, 0.3) is 0 Å². The zero-order valence-corrected chi connectivity index (χ0v) is 29.1. The van der Waals surface area contributed by atoms with Crippen molar-refractivity contribution in [1.82, 2.24) is 4.57 Å².